The Morgan fingerprint density at radius 1 is 1.11 bits per heavy atom. The molecule has 92 valence electrons. The molecule has 1 aliphatic carbocycles. The van der Waals surface area contributed by atoms with E-state index < -0.39 is 0 Å². The summed E-state index contributed by atoms with van der Waals surface area (Å²) in [6, 6.07) is 13.0. The van der Waals surface area contributed by atoms with E-state index >= 15 is 0 Å². The second-order valence-corrected chi connectivity index (χ2v) is 4.85. The molecule has 0 amide bonds. The fourth-order valence-corrected chi connectivity index (χ4v) is 2.56. The van der Waals surface area contributed by atoms with Crippen LogP contribution in [0.15, 0.2) is 36.4 Å². The van der Waals surface area contributed by atoms with E-state index in [1.54, 1.807) is 0 Å². The van der Waals surface area contributed by atoms with Crippen molar-refractivity contribution in [1.82, 2.24) is 10.2 Å². The van der Waals surface area contributed by atoms with Gasteiger partial charge in [0.2, 0.25) is 0 Å². The van der Waals surface area contributed by atoms with Crippen LogP contribution in [0, 0.1) is 6.92 Å². The molecule has 0 spiro atoms. The van der Waals surface area contributed by atoms with Crippen LogP contribution in [0.3, 0.4) is 0 Å². The summed E-state index contributed by atoms with van der Waals surface area (Å²) in [7, 11) is 0. The summed E-state index contributed by atoms with van der Waals surface area (Å²) in [5.41, 5.74) is 3.82. The van der Waals surface area contributed by atoms with Gasteiger partial charge in [0.05, 0.1) is 11.7 Å². The van der Waals surface area contributed by atoms with Crippen molar-refractivity contribution in [2.45, 2.75) is 32.2 Å². The predicted molar refractivity (Wildman–Crippen MR) is 72.5 cm³/mol. The van der Waals surface area contributed by atoms with Crippen molar-refractivity contribution in [2.24, 2.45) is 0 Å². The van der Waals surface area contributed by atoms with Gasteiger partial charge in [-0.1, -0.05) is 24.3 Å². The van der Waals surface area contributed by atoms with E-state index in [0.717, 1.165) is 17.9 Å². The summed E-state index contributed by atoms with van der Waals surface area (Å²) < 4.78 is 0. The van der Waals surface area contributed by atoms with Crippen molar-refractivity contribution in [1.29, 1.82) is 0 Å². The van der Waals surface area contributed by atoms with Crippen LogP contribution < -0.4 is 5.32 Å². The number of benzene rings is 1. The second kappa shape index (κ2) is 4.77. The zero-order chi connectivity index (χ0) is 12.4. The van der Waals surface area contributed by atoms with E-state index in [4.69, 9.17) is 0 Å². The van der Waals surface area contributed by atoms with E-state index in [1.165, 1.54) is 24.0 Å². The molecule has 3 rings (SSSR count). The van der Waals surface area contributed by atoms with Crippen molar-refractivity contribution in [2.75, 3.05) is 5.32 Å². The zero-order valence-electron chi connectivity index (χ0n) is 10.6. The minimum Gasteiger partial charge on any atom is -0.362 e. The van der Waals surface area contributed by atoms with Crippen molar-refractivity contribution < 1.29 is 0 Å². The highest BCUT2D eigenvalue weighted by Crippen LogP contribution is 2.31. The van der Waals surface area contributed by atoms with Crippen LogP contribution in [-0.4, -0.2) is 10.2 Å². The van der Waals surface area contributed by atoms with Gasteiger partial charge in [0.1, 0.15) is 5.82 Å². The average molecular weight is 239 g/mol. The van der Waals surface area contributed by atoms with E-state index in [1.807, 2.05) is 19.1 Å². The minimum absolute atomic E-state index is 0.368. The Kier molecular flexibility index (Phi) is 2.97. The maximum atomic E-state index is 4.18. The van der Waals surface area contributed by atoms with Crippen LogP contribution in [0.5, 0.6) is 0 Å². The number of aromatic nitrogens is 2. The smallest absolute Gasteiger partial charge is 0.149 e. The molecular weight excluding hydrogens is 222 g/mol. The van der Waals surface area contributed by atoms with Gasteiger partial charge >= 0.3 is 0 Å². The largest absolute Gasteiger partial charge is 0.362 e. The minimum atomic E-state index is 0.368. The van der Waals surface area contributed by atoms with Gasteiger partial charge in [0.15, 0.2) is 0 Å². The zero-order valence-corrected chi connectivity index (χ0v) is 10.6. The first kappa shape index (κ1) is 11.2. The Morgan fingerprint density at radius 3 is 2.83 bits per heavy atom. The SMILES string of the molecule is Cc1ccc(NC2CCCc3ccccc32)nn1. The summed E-state index contributed by atoms with van der Waals surface area (Å²) in [5, 5.41) is 11.8. The van der Waals surface area contributed by atoms with Gasteiger partial charge in [0, 0.05) is 0 Å². The third-order valence-corrected chi connectivity index (χ3v) is 3.49. The lowest BCUT2D eigenvalue weighted by Crippen LogP contribution is -2.18. The Bertz CT molecular complexity index is 534. The summed E-state index contributed by atoms with van der Waals surface area (Å²) >= 11 is 0. The number of hydrogen-bond donors (Lipinski definition) is 1. The number of rotatable bonds is 2. The lowest BCUT2D eigenvalue weighted by atomic mass is 9.88. The fourth-order valence-electron chi connectivity index (χ4n) is 2.56. The van der Waals surface area contributed by atoms with E-state index in [-0.39, 0.29) is 0 Å². The standard InChI is InChI=1S/C15H17N3/c1-11-9-10-15(18-17-11)16-14-8-4-6-12-5-2-3-7-13(12)14/h2-3,5,7,9-10,14H,4,6,8H2,1H3,(H,16,18). The van der Waals surface area contributed by atoms with Crippen molar-refractivity contribution in [3.8, 4) is 0 Å². The van der Waals surface area contributed by atoms with Crippen molar-refractivity contribution in [3.05, 3.63) is 53.2 Å². The van der Waals surface area contributed by atoms with Crippen LogP contribution >= 0.6 is 0 Å². The summed E-state index contributed by atoms with van der Waals surface area (Å²) in [4.78, 5) is 0. The number of anilines is 1. The molecule has 18 heavy (non-hydrogen) atoms. The molecule has 0 saturated carbocycles. The molecule has 1 N–H and O–H groups in total. The number of nitrogens with one attached hydrogen (secondary N) is 1. The van der Waals surface area contributed by atoms with Gasteiger partial charge in [-0.25, -0.2) is 0 Å². The molecule has 1 aromatic carbocycles. The molecule has 0 radical (unpaired) electrons. The molecular formula is C15H17N3. The van der Waals surface area contributed by atoms with Crippen molar-refractivity contribution >= 4 is 5.82 Å². The van der Waals surface area contributed by atoms with Crippen LogP contribution in [0.4, 0.5) is 5.82 Å². The lowest BCUT2D eigenvalue weighted by molar-refractivity contribution is 0.597. The molecule has 3 heteroatoms. The molecule has 0 bridgehead atoms. The number of aryl methyl sites for hydroxylation is 2. The third-order valence-electron chi connectivity index (χ3n) is 3.49. The molecule has 0 fully saturated rings. The highest BCUT2D eigenvalue weighted by atomic mass is 15.2. The fraction of sp³-hybridized carbons (Fsp3) is 0.333. The van der Waals surface area contributed by atoms with Crippen LogP contribution in [0.1, 0.15) is 35.7 Å². The molecule has 2 aromatic rings. The first-order valence-corrected chi connectivity index (χ1v) is 6.47. The molecule has 0 saturated heterocycles. The predicted octanol–water partition coefficient (Wildman–Crippen LogP) is 3.27. The molecule has 1 aliphatic rings. The maximum absolute atomic E-state index is 4.18. The molecule has 1 heterocycles. The van der Waals surface area contributed by atoms with Gasteiger partial charge in [-0.2, -0.15) is 5.10 Å². The van der Waals surface area contributed by atoms with Gasteiger partial charge in [-0.3, -0.25) is 0 Å². The lowest BCUT2D eigenvalue weighted by Gasteiger charge is -2.26. The molecule has 1 unspecified atom stereocenters. The number of hydrogen-bond acceptors (Lipinski definition) is 3. The van der Waals surface area contributed by atoms with Crippen LogP contribution in [0.25, 0.3) is 0 Å². The highest BCUT2D eigenvalue weighted by Gasteiger charge is 2.19. The average Bonchev–Trinajstić information content (AvgIpc) is 2.42. The Balaban J connectivity index is 1.84. The van der Waals surface area contributed by atoms with Crippen LogP contribution in [-0.2, 0) is 6.42 Å². The summed E-state index contributed by atoms with van der Waals surface area (Å²) in [6.07, 6.45) is 3.58. The number of fused-ring (bicyclic) bond motifs is 1. The molecule has 0 aliphatic heterocycles. The van der Waals surface area contributed by atoms with Gasteiger partial charge < -0.3 is 5.32 Å². The van der Waals surface area contributed by atoms with Gasteiger partial charge in [0.25, 0.3) is 0 Å². The molecule has 1 aromatic heterocycles. The maximum Gasteiger partial charge on any atom is 0.149 e. The Labute approximate surface area is 107 Å². The monoisotopic (exact) mass is 239 g/mol. The first-order valence-electron chi connectivity index (χ1n) is 6.47. The van der Waals surface area contributed by atoms with E-state index in [0.29, 0.717) is 6.04 Å². The van der Waals surface area contributed by atoms with E-state index in [2.05, 4.69) is 39.8 Å². The van der Waals surface area contributed by atoms with Crippen molar-refractivity contribution in [3.63, 3.8) is 0 Å². The summed E-state index contributed by atoms with van der Waals surface area (Å²) in [5.74, 6) is 0.863. The third kappa shape index (κ3) is 2.21. The van der Waals surface area contributed by atoms with Crippen LogP contribution in [0.2, 0.25) is 0 Å². The van der Waals surface area contributed by atoms with E-state index in [9.17, 15) is 0 Å². The topological polar surface area (TPSA) is 37.8 Å². The highest BCUT2D eigenvalue weighted by molar-refractivity contribution is 5.41. The number of nitrogens with zero attached hydrogens (tertiary/aromatic N) is 2. The molecule has 3 nitrogen and oxygen atoms in total. The Morgan fingerprint density at radius 2 is 2.00 bits per heavy atom. The second-order valence-electron chi connectivity index (χ2n) is 4.85. The Hall–Kier alpha value is -1.90. The normalized spacial score (nSPS) is 18.2. The van der Waals surface area contributed by atoms with Gasteiger partial charge in [-0.15, -0.1) is 5.10 Å². The van der Waals surface area contributed by atoms with Gasteiger partial charge in [-0.05, 0) is 49.4 Å². The first-order chi connectivity index (χ1) is 8.83. The quantitative estimate of drug-likeness (QED) is 0.874. The summed E-state index contributed by atoms with van der Waals surface area (Å²) in [6.45, 7) is 1.95. The molecule has 1 atom stereocenters.